The second kappa shape index (κ2) is 2.75. The van der Waals surface area contributed by atoms with E-state index < -0.39 is 0 Å². The predicted octanol–water partition coefficient (Wildman–Crippen LogP) is 2.44. The Labute approximate surface area is 75.0 Å². The minimum atomic E-state index is 0.861. The molecule has 2 aromatic rings. The van der Waals surface area contributed by atoms with Crippen LogP contribution in [0.2, 0.25) is 0 Å². The molecule has 0 aliphatic heterocycles. The Kier molecular flexibility index (Phi) is 1.73. The van der Waals surface area contributed by atoms with Crippen LogP contribution >= 0.6 is 11.3 Å². The quantitative estimate of drug-likeness (QED) is 0.728. The molecule has 12 heavy (non-hydrogen) atoms. The lowest BCUT2D eigenvalue weighted by Gasteiger charge is -1.98. The molecule has 2 nitrogen and oxygen atoms in total. The van der Waals surface area contributed by atoms with Crippen LogP contribution in [0.25, 0.3) is 10.2 Å². The van der Waals surface area contributed by atoms with Crippen molar-refractivity contribution in [3.63, 3.8) is 0 Å². The maximum Gasteiger partial charge on any atom is 0.125 e. The minimum absolute atomic E-state index is 0.861. The van der Waals surface area contributed by atoms with E-state index in [2.05, 4.69) is 11.9 Å². The van der Waals surface area contributed by atoms with Crippen molar-refractivity contribution < 1.29 is 0 Å². The third-order valence-corrected chi connectivity index (χ3v) is 2.87. The van der Waals surface area contributed by atoms with Crippen molar-refractivity contribution in [2.75, 3.05) is 5.73 Å². The smallest absolute Gasteiger partial charge is 0.125 e. The van der Waals surface area contributed by atoms with E-state index in [9.17, 15) is 0 Å². The van der Waals surface area contributed by atoms with Gasteiger partial charge >= 0.3 is 0 Å². The SMILES string of the molecule is CCc1ccnc2scc(N)c12. The van der Waals surface area contributed by atoms with Crippen molar-refractivity contribution in [1.29, 1.82) is 0 Å². The van der Waals surface area contributed by atoms with Crippen LogP contribution in [-0.2, 0) is 6.42 Å². The van der Waals surface area contributed by atoms with Gasteiger partial charge in [-0.05, 0) is 18.1 Å². The average molecular weight is 178 g/mol. The second-order valence-electron chi connectivity index (χ2n) is 2.69. The maximum atomic E-state index is 5.82. The van der Waals surface area contributed by atoms with Crippen molar-refractivity contribution >= 4 is 27.2 Å². The number of rotatable bonds is 1. The largest absolute Gasteiger partial charge is 0.397 e. The molecule has 62 valence electrons. The normalized spacial score (nSPS) is 10.8. The zero-order chi connectivity index (χ0) is 8.55. The number of thiophene rings is 1. The van der Waals surface area contributed by atoms with Crippen LogP contribution in [-0.4, -0.2) is 4.98 Å². The van der Waals surface area contributed by atoms with Gasteiger partial charge in [-0.3, -0.25) is 0 Å². The Morgan fingerprint density at radius 3 is 3.17 bits per heavy atom. The van der Waals surface area contributed by atoms with Crippen LogP contribution in [0.15, 0.2) is 17.6 Å². The molecule has 0 atom stereocenters. The molecule has 0 aliphatic rings. The van der Waals surface area contributed by atoms with Crippen molar-refractivity contribution in [3.05, 3.63) is 23.2 Å². The molecule has 0 saturated carbocycles. The molecule has 0 radical (unpaired) electrons. The van der Waals surface area contributed by atoms with Gasteiger partial charge in [-0.2, -0.15) is 0 Å². The second-order valence-corrected chi connectivity index (χ2v) is 3.55. The average Bonchev–Trinajstić information content (AvgIpc) is 2.48. The Morgan fingerprint density at radius 1 is 1.58 bits per heavy atom. The highest BCUT2D eigenvalue weighted by atomic mass is 32.1. The summed E-state index contributed by atoms with van der Waals surface area (Å²) in [4.78, 5) is 5.30. The highest BCUT2D eigenvalue weighted by molar-refractivity contribution is 7.17. The van der Waals surface area contributed by atoms with Gasteiger partial charge in [0.15, 0.2) is 0 Å². The van der Waals surface area contributed by atoms with E-state index in [1.54, 1.807) is 11.3 Å². The number of hydrogen-bond donors (Lipinski definition) is 1. The summed E-state index contributed by atoms with van der Waals surface area (Å²) < 4.78 is 0. The Morgan fingerprint density at radius 2 is 2.42 bits per heavy atom. The fraction of sp³-hybridized carbons (Fsp3) is 0.222. The van der Waals surface area contributed by atoms with Gasteiger partial charge in [-0.15, -0.1) is 11.3 Å². The monoisotopic (exact) mass is 178 g/mol. The summed E-state index contributed by atoms with van der Waals surface area (Å²) in [5, 5.41) is 3.10. The Hall–Kier alpha value is -1.09. The number of aryl methyl sites for hydroxylation is 1. The molecule has 0 aliphatic carbocycles. The molecule has 0 bridgehead atoms. The van der Waals surface area contributed by atoms with Crippen molar-refractivity contribution in [2.24, 2.45) is 0 Å². The molecule has 2 heterocycles. The molecule has 3 heteroatoms. The molecular weight excluding hydrogens is 168 g/mol. The van der Waals surface area contributed by atoms with E-state index in [1.807, 2.05) is 17.6 Å². The van der Waals surface area contributed by atoms with E-state index in [-0.39, 0.29) is 0 Å². The molecule has 2 rings (SSSR count). The molecule has 2 N–H and O–H groups in total. The molecular formula is C9H10N2S. The minimum Gasteiger partial charge on any atom is -0.397 e. The van der Waals surface area contributed by atoms with E-state index in [1.165, 1.54) is 5.56 Å². The number of pyridine rings is 1. The molecule has 0 unspecified atom stereocenters. The summed E-state index contributed by atoms with van der Waals surface area (Å²) in [6, 6.07) is 2.03. The van der Waals surface area contributed by atoms with Gasteiger partial charge in [0.1, 0.15) is 4.83 Å². The number of hydrogen-bond acceptors (Lipinski definition) is 3. The van der Waals surface area contributed by atoms with E-state index >= 15 is 0 Å². The molecule has 2 aromatic heterocycles. The standard InChI is InChI=1S/C9H10N2S/c1-2-6-3-4-11-9-8(6)7(10)5-12-9/h3-5H,2,10H2,1H3. The summed E-state index contributed by atoms with van der Waals surface area (Å²) >= 11 is 1.61. The molecule has 0 fully saturated rings. The van der Waals surface area contributed by atoms with Crippen LogP contribution in [0.5, 0.6) is 0 Å². The molecule has 0 aromatic carbocycles. The third-order valence-electron chi connectivity index (χ3n) is 1.97. The Bertz CT molecular complexity index is 406. The lowest BCUT2D eigenvalue weighted by atomic mass is 10.1. The van der Waals surface area contributed by atoms with Gasteiger partial charge in [0.25, 0.3) is 0 Å². The van der Waals surface area contributed by atoms with Crippen LogP contribution < -0.4 is 5.73 Å². The van der Waals surface area contributed by atoms with Crippen molar-refractivity contribution in [1.82, 2.24) is 4.98 Å². The first-order valence-electron chi connectivity index (χ1n) is 3.93. The van der Waals surface area contributed by atoms with Gasteiger partial charge in [-0.25, -0.2) is 4.98 Å². The maximum absolute atomic E-state index is 5.82. The van der Waals surface area contributed by atoms with Crippen LogP contribution in [0, 0.1) is 0 Å². The highest BCUT2D eigenvalue weighted by Gasteiger charge is 2.04. The fourth-order valence-electron chi connectivity index (χ4n) is 1.35. The zero-order valence-electron chi connectivity index (χ0n) is 6.87. The van der Waals surface area contributed by atoms with Gasteiger partial charge < -0.3 is 5.73 Å². The van der Waals surface area contributed by atoms with Gasteiger partial charge in [0, 0.05) is 17.0 Å². The number of aromatic nitrogens is 1. The third kappa shape index (κ3) is 0.975. The summed E-state index contributed by atoms with van der Waals surface area (Å²) in [5.74, 6) is 0. The summed E-state index contributed by atoms with van der Waals surface area (Å²) in [7, 11) is 0. The topological polar surface area (TPSA) is 38.9 Å². The lowest BCUT2D eigenvalue weighted by Crippen LogP contribution is -1.87. The predicted molar refractivity (Wildman–Crippen MR) is 53.4 cm³/mol. The number of nitrogens with two attached hydrogens (primary N) is 1. The van der Waals surface area contributed by atoms with Crippen LogP contribution in [0.1, 0.15) is 12.5 Å². The summed E-state index contributed by atoms with van der Waals surface area (Å²) in [6.07, 6.45) is 2.86. The van der Waals surface area contributed by atoms with Crippen molar-refractivity contribution in [3.8, 4) is 0 Å². The number of nitrogens with zero attached hydrogens (tertiary/aromatic N) is 1. The fourth-order valence-corrected chi connectivity index (χ4v) is 2.20. The van der Waals surface area contributed by atoms with E-state index in [4.69, 9.17) is 5.73 Å². The van der Waals surface area contributed by atoms with E-state index in [0.29, 0.717) is 0 Å². The van der Waals surface area contributed by atoms with Gasteiger partial charge in [0.2, 0.25) is 0 Å². The summed E-state index contributed by atoms with van der Waals surface area (Å²) in [5.41, 5.74) is 7.97. The first-order valence-corrected chi connectivity index (χ1v) is 4.81. The highest BCUT2D eigenvalue weighted by Crippen LogP contribution is 2.29. The number of nitrogen functional groups attached to an aromatic ring is 1. The number of anilines is 1. The van der Waals surface area contributed by atoms with Crippen molar-refractivity contribution in [2.45, 2.75) is 13.3 Å². The van der Waals surface area contributed by atoms with Gasteiger partial charge in [-0.1, -0.05) is 6.92 Å². The summed E-state index contributed by atoms with van der Waals surface area (Å²) in [6.45, 7) is 2.13. The zero-order valence-corrected chi connectivity index (χ0v) is 7.69. The lowest BCUT2D eigenvalue weighted by molar-refractivity contribution is 1.15. The van der Waals surface area contributed by atoms with Gasteiger partial charge in [0.05, 0.1) is 5.69 Å². The van der Waals surface area contributed by atoms with E-state index in [0.717, 1.165) is 22.3 Å². The van der Waals surface area contributed by atoms with Crippen LogP contribution in [0.4, 0.5) is 5.69 Å². The first-order chi connectivity index (χ1) is 5.83. The number of fused-ring (bicyclic) bond motifs is 1. The van der Waals surface area contributed by atoms with Crippen LogP contribution in [0.3, 0.4) is 0 Å². The first kappa shape index (κ1) is 7.55. The molecule has 0 spiro atoms. The molecule has 0 saturated heterocycles. The Balaban J connectivity index is 2.84. The molecule has 0 amide bonds.